The maximum absolute atomic E-state index is 11.6. The molecule has 0 aliphatic carbocycles. The second-order valence-electron chi connectivity index (χ2n) is 3.98. The fourth-order valence-corrected chi connectivity index (χ4v) is 1.61. The van der Waals surface area contributed by atoms with E-state index in [-0.39, 0.29) is 18.3 Å². The standard InChI is InChI=1S/C13H16ClNO3/c1-9(17)10-5-6-11(14)12(8-10)15-13(18)4-2-3-7-16/h5-6,8,16H,2-4,7H2,1H3,(H,15,18). The van der Waals surface area contributed by atoms with Crippen molar-refractivity contribution in [3.05, 3.63) is 28.8 Å². The Morgan fingerprint density at radius 3 is 2.67 bits per heavy atom. The van der Waals surface area contributed by atoms with Crippen LogP contribution in [0, 0.1) is 0 Å². The second kappa shape index (κ2) is 7.13. The highest BCUT2D eigenvalue weighted by Crippen LogP contribution is 2.23. The van der Waals surface area contributed by atoms with Gasteiger partial charge in [-0.15, -0.1) is 0 Å². The number of halogens is 1. The molecule has 0 atom stereocenters. The van der Waals surface area contributed by atoms with Crippen molar-refractivity contribution in [3.8, 4) is 0 Å². The number of carbonyl (C=O) groups is 2. The maximum Gasteiger partial charge on any atom is 0.224 e. The lowest BCUT2D eigenvalue weighted by atomic mass is 10.1. The largest absolute Gasteiger partial charge is 0.396 e. The third kappa shape index (κ3) is 4.47. The van der Waals surface area contributed by atoms with Crippen molar-refractivity contribution in [1.29, 1.82) is 0 Å². The zero-order valence-electron chi connectivity index (χ0n) is 10.2. The molecule has 4 nitrogen and oxygen atoms in total. The summed E-state index contributed by atoms with van der Waals surface area (Å²) in [5.74, 6) is -0.256. The summed E-state index contributed by atoms with van der Waals surface area (Å²) in [6.45, 7) is 1.53. The van der Waals surface area contributed by atoms with Crippen LogP contribution in [0.25, 0.3) is 0 Å². The van der Waals surface area contributed by atoms with Crippen LogP contribution in [0.3, 0.4) is 0 Å². The molecule has 0 saturated heterocycles. The van der Waals surface area contributed by atoms with Gasteiger partial charge in [0.05, 0.1) is 10.7 Å². The molecular weight excluding hydrogens is 254 g/mol. The van der Waals surface area contributed by atoms with E-state index in [1.807, 2.05) is 0 Å². The van der Waals surface area contributed by atoms with E-state index in [1.54, 1.807) is 18.2 Å². The van der Waals surface area contributed by atoms with Crippen LogP contribution < -0.4 is 5.32 Å². The van der Waals surface area contributed by atoms with Gasteiger partial charge in [0.2, 0.25) is 5.91 Å². The number of aliphatic hydroxyl groups is 1. The van der Waals surface area contributed by atoms with Crippen LogP contribution in [0.5, 0.6) is 0 Å². The average Bonchev–Trinajstić information content (AvgIpc) is 2.32. The van der Waals surface area contributed by atoms with E-state index in [0.29, 0.717) is 35.5 Å². The lowest BCUT2D eigenvalue weighted by Crippen LogP contribution is -2.12. The highest BCUT2D eigenvalue weighted by molar-refractivity contribution is 6.33. The predicted octanol–water partition coefficient (Wildman–Crippen LogP) is 2.64. The van der Waals surface area contributed by atoms with E-state index >= 15 is 0 Å². The van der Waals surface area contributed by atoms with E-state index in [4.69, 9.17) is 16.7 Å². The van der Waals surface area contributed by atoms with Crippen molar-refractivity contribution in [2.45, 2.75) is 26.2 Å². The molecular formula is C13H16ClNO3. The molecule has 0 aliphatic heterocycles. The number of aliphatic hydroxyl groups excluding tert-OH is 1. The molecule has 0 aromatic heterocycles. The Kier molecular flexibility index (Phi) is 5.82. The summed E-state index contributed by atoms with van der Waals surface area (Å²) < 4.78 is 0. The molecule has 1 aromatic rings. The maximum atomic E-state index is 11.6. The molecule has 0 saturated carbocycles. The summed E-state index contributed by atoms with van der Waals surface area (Å²) in [5, 5.41) is 11.7. The monoisotopic (exact) mass is 269 g/mol. The fraction of sp³-hybridized carbons (Fsp3) is 0.385. The molecule has 0 heterocycles. The molecule has 2 N–H and O–H groups in total. The van der Waals surface area contributed by atoms with Crippen LogP contribution in [0.15, 0.2) is 18.2 Å². The van der Waals surface area contributed by atoms with Gasteiger partial charge in [0.15, 0.2) is 5.78 Å². The van der Waals surface area contributed by atoms with E-state index in [2.05, 4.69) is 5.32 Å². The third-order valence-corrected chi connectivity index (χ3v) is 2.79. The number of ketones is 1. The number of rotatable bonds is 6. The van der Waals surface area contributed by atoms with Crippen molar-refractivity contribution in [1.82, 2.24) is 0 Å². The first-order chi connectivity index (χ1) is 8.54. The topological polar surface area (TPSA) is 66.4 Å². The van der Waals surface area contributed by atoms with Gasteiger partial charge in [-0.25, -0.2) is 0 Å². The summed E-state index contributed by atoms with van der Waals surface area (Å²) in [7, 11) is 0. The molecule has 0 spiro atoms. The van der Waals surface area contributed by atoms with Crippen LogP contribution >= 0.6 is 11.6 Å². The first-order valence-electron chi connectivity index (χ1n) is 5.76. The lowest BCUT2D eigenvalue weighted by Gasteiger charge is -2.08. The first kappa shape index (κ1) is 14.7. The minimum absolute atomic E-state index is 0.0772. The molecule has 1 aromatic carbocycles. The Hall–Kier alpha value is -1.39. The van der Waals surface area contributed by atoms with E-state index in [0.717, 1.165) is 0 Å². The van der Waals surface area contributed by atoms with Crippen molar-refractivity contribution in [3.63, 3.8) is 0 Å². The lowest BCUT2D eigenvalue weighted by molar-refractivity contribution is -0.116. The normalized spacial score (nSPS) is 10.2. The predicted molar refractivity (Wildman–Crippen MR) is 71.0 cm³/mol. The van der Waals surface area contributed by atoms with Gasteiger partial charge < -0.3 is 10.4 Å². The average molecular weight is 270 g/mol. The third-order valence-electron chi connectivity index (χ3n) is 2.46. The Balaban J connectivity index is 2.68. The number of anilines is 1. The van der Waals surface area contributed by atoms with Gasteiger partial charge in [-0.2, -0.15) is 0 Å². The van der Waals surface area contributed by atoms with E-state index in [1.165, 1.54) is 6.92 Å². The van der Waals surface area contributed by atoms with Crippen molar-refractivity contribution < 1.29 is 14.7 Å². The highest BCUT2D eigenvalue weighted by atomic mass is 35.5. The summed E-state index contributed by atoms with van der Waals surface area (Å²) in [6.07, 6.45) is 1.53. The Morgan fingerprint density at radius 1 is 1.33 bits per heavy atom. The fourth-order valence-electron chi connectivity index (χ4n) is 1.45. The van der Waals surface area contributed by atoms with Crippen LogP contribution in [0.1, 0.15) is 36.5 Å². The molecule has 0 radical (unpaired) electrons. The highest BCUT2D eigenvalue weighted by Gasteiger charge is 2.08. The summed E-state index contributed by atoms with van der Waals surface area (Å²) in [4.78, 5) is 22.8. The quantitative estimate of drug-likeness (QED) is 0.616. The molecule has 1 rings (SSSR count). The van der Waals surface area contributed by atoms with E-state index in [9.17, 15) is 9.59 Å². The number of Topliss-reactive ketones (excluding diaryl/α,β-unsaturated/α-hetero) is 1. The van der Waals surface area contributed by atoms with Gasteiger partial charge in [-0.05, 0) is 38.0 Å². The number of hydrogen-bond acceptors (Lipinski definition) is 3. The van der Waals surface area contributed by atoms with Crippen LogP contribution in [0.2, 0.25) is 5.02 Å². The van der Waals surface area contributed by atoms with E-state index < -0.39 is 0 Å². The molecule has 0 unspecified atom stereocenters. The number of amides is 1. The number of nitrogens with one attached hydrogen (secondary N) is 1. The molecule has 0 aliphatic rings. The molecule has 18 heavy (non-hydrogen) atoms. The van der Waals surface area contributed by atoms with Gasteiger partial charge >= 0.3 is 0 Å². The first-order valence-corrected chi connectivity index (χ1v) is 6.13. The summed E-state index contributed by atoms with van der Waals surface area (Å²) >= 11 is 5.94. The Labute approximate surface area is 111 Å². The van der Waals surface area contributed by atoms with Crippen LogP contribution in [0.4, 0.5) is 5.69 Å². The molecule has 1 amide bonds. The number of unbranched alkanes of at least 4 members (excludes halogenated alkanes) is 1. The van der Waals surface area contributed by atoms with Gasteiger partial charge in [0, 0.05) is 18.6 Å². The number of hydrogen-bond donors (Lipinski definition) is 2. The smallest absolute Gasteiger partial charge is 0.224 e. The zero-order chi connectivity index (χ0) is 13.5. The SMILES string of the molecule is CC(=O)c1ccc(Cl)c(NC(=O)CCCCO)c1. The van der Waals surface area contributed by atoms with Gasteiger partial charge in [-0.3, -0.25) is 9.59 Å². The van der Waals surface area contributed by atoms with Crippen LogP contribution in [-0.4, -0.2) is 23.4 Å². The molecule has 98 valence electrons. The Bertz CT molecular complexity index is 446. The second-order valence-corrected chi connectivity index (χ2v) is 4.39. The minimum atomic E-state index is -0.175. The van der Waals surface area contributed by atoms with Crippen LogP contribution in [-0.2, 0) is 4.79 Å². The molecule has 0 bridgehead atoms. The Morgan fingerprint density at radius 2 is 2.06 bits per heavy atom. The van der Waals surface area contributed by atoms with Crippen molar-refractivity contribution >= 4 is 29.0 Å². The number of carbonyl (C=O) groups excluding carboxylic acids is 2. The van der Waals surface area contributed by atoms with Crippen molar-refractivity contribution in [2.24, 2.45) is 0 Å². The summed E-state index contributed by atoms with van der Waals surface area (Å²) in [6, 6.07) is 4.77. The zero-order valence-corrected chi connectivity index (χ0v) is 11.0. The number of benzene rings is 1. The molecule has 5 heteroatoms. The van der Waals surface area contributed by atoms with Gasteiger partial charge in [0.25, 0.3) is 0 Å². The summed E-state index contributed by atoms with van der Waals surface area (Å²) in [5.41, 5.74) is 0.948. The molecule has 0 fully saturated rings. The minimum Gasteiger partial charge on any atom is -0.396 e. The van der Waals surface area contributed by atoms with Crippen molar-refractivity contribution in [2.75, 3.05) is 11.9 Å². The van der Waals surface area contributed by atoms with Gasteiger partial charge in [-0.1, -0.05) is 11.6 Å². The van der Waals surface area contributed by atoms with Gasteiger partial charge in [0.1, 0.15) is 0 Å².